The highest BCUT2D eigenvalue weighted by molar-refractivity contribution is 8.27. The number of hydrogen-bond acceptors (Lipinski definition) is 5. The van der Waals surface area contributed by atoms with E-state index in [1.807, 2.05) is 0 Å². The molecule has 1 heterocycles. The van der Waals surface area contributed by atoms with Crippen LogP contribution in [-0.4, -0.2) is 23.3 Å². The van der Waals surface area contributed by atoms with Gasteiger partial charge in [-0.05, 0) is 42.3 Å². The second kappa shape index (κ2) is 7.39. The summed E-state index contributed by atoms with van der Waals surface area (Å²) in [5, 5.41) is 0. The molecule has 4 nitrogen and oxygen atoms in total. The third kappa shape index (κ3) is 3.27. The minimum atomic E-state index is -0.547. The Kier molecular flexibility index (Phi) is 5.20. The summed E-state index contributed by atoms with van der Waals surface area (Å²) in [5.41, 5.74) is 2.06. The van der Waals surface area contributed by atoms with Gasteiger partial charge in [-0.3, -0.25) is 9.69 Å². The Labute approximate surface area is 159 Å². The Bertz CT molecular complexity index is 938. The first-order valence-corrected chi connectivity index (χ1v) is 8.87. The third-order valence-electron chi connectivity index (χ3n) is 3.94. The zero-order valence-electron chi connectivity index (χ0n) is 14.0. The van der Waals surface area contributed by atoms with E-state index >= 15 is 0 Å². The first-order valence-electron chi connectivity index (χ1n) is 7.64. The normalized spacial score (nSPS) is 16.0. The van der Waals surface area contributed by atoms with Crippen molar-refractivity contribution >= 4 is 51.4 Å². The van der Waals surface area contributed by atoms with Gasteiger partial charge in [-0.1, -0.05) is 48.2 Å². The molecule has 7 heteroatoms. The molecule has 3 rings (SSSR count). The van der Waals surface area contributed by atoms with Crippen molar-refractivity contribution in [3.63, 3.8) is 0 Å². The number of thioether (sulfide) groups is 1. The predicted molar refractivity (Wildman–Crippen MR) is 104 cm³/mol. The van der Waals surface area contributed by atoms with Crippen molar-refractivity contribution in [1.82, 2.24) is 0 Å². The number of benzene rings is 2. The van der Waals surface area contributed by atoms with Crippen LogP contribution in [0.4, 0.5) is 10.1 Å². The number of thiocarbonyl (C=S) groups is 1. The highest BCUT2D eigenvalue weighted by Gasteiger charge is 2.36. The number of methoxy groups -OCH3 is 1. The molecule has 0 radical (unpaired) electrons. The minimum Gasteiger partial charge on any atom is -0.465 e. The number of anilines is 1. The van der Waals surface area contributed by atoms with Gasteiger partial charge in [0.25, 0.3) is 5.91 Å². The van der Waals surface area contributed by atoms with Gasteiger partial charge in [0.1, 0.15) is 5.82 Å². The fourth-order valence-corrected chi connectivity index (χ4v) is 3.92. The van der Waals surface area contributed by atoms with Crippen LogP contribution in [0.2, 0.25) is 0 Å². The van der Waals surface area contributed by atoms with Crippen LogP contribution in [-0.2, 0) is 9.53 Å². The first kappa shape index (κ1) is 18.3. The maximum Gasteiger partial charge on any atom is 0.339 e. The topological polar surface area (TPSA) is 46.6 Å². The third-order valence-corrected chi connectivity index (χ3v) is 5.41. The Morgan fingerprint density at radius 3 is 2.46 bits per heavy atom. The molecular weight excluding hydrogens is 373 g/mol. The SMILES string of the molecule is COC(=O)c1ccccc1N1C(=O)/C(=C(\C)c2ccc(F)cc2)SC1=S. The molecule has 0 spiro atoms. The van der Waals surface area contributed by atoms with Gasteiger partial charge in [0.15, 0.2) is 4.32 Å². The molecule has 1 aliphatic rings. The van der Waals surface area contributed by atoms with E-state index in [2.05, 4.69) is 0 Å². The van der Waals surface area contributed by atoms with Crippen molar-refractivity contribution in [1.29, 1.82) is 0 Å². The smallest absolute Gasteiger partial charge is 0.339 e. The maximum absolute atomic E-state index is 13.1. The Morgan fingerprint density at radius 1 is 1.15 bits per heavy atom. The summed E-state index contributed by atoms with van der Waals surface area (Å²) in [6, 6.07) is 12.5. The molecule has 0 N–H and O–H groups in total. The number of hydrogen-bond donors (Lipinski definition) is 0. The van der Waals surface area contributed by atoms with E-state index in [1.165, 1.54) is 24.1 Å². The van der Waals surface area contributed by atoms with Gasteiger partial charge in [0.2, 0.25) is 0 Å². The van der Waals surface area contributed by atoms with E-state index in [-0.39, 0.29) is 17.3 Å². The molecular formula is C19H14FNO3S2. The van der Waals surface area contributed by atoms with Crippen LogP contribution in [0, 0.1) is 5.82 Å². The Balaban J connectivity index is 2.04. The lowest BCUT2D eigenvalue weighted by Crippen LogP contribution is -2.29. The number of ether oxygens (including phenoxy) is 1. The summed E-state index contributed by atoms with van der Waals surface area (Å²) in [6.07, 6.45) is 0. The van der Waals surface area contributed by atoms with Gasteiger partial charge in [0.05, 0.1) is 23.3 Å². The quantitative estimate of drug-likeness (QED) is 0.444. The molecule has 1 amide bonds. The van der Waals surface area contributed by atoms with Gasteiger partial charge in [0, 0.05) is 0 Å². The van der Waals surface area contributed by atoms with Crippen molar-refractivity contribution in [3.8, 4) is 0 Å². The number of rotatable bonds is 3. The number of para-hydroxylation sites is 1. The van der Waals surface area contributed by atoms with Crippen molar-refractivity contribution in [3.05, 3.63) is 70.4 Å². The molecule has 0 unspecified atom stereocenters. The van der Waals surface area contributed by atoms with E-state index in [9.17, 15) is 14.0 Å². The number of carbonyl (C=O) groups is 2. The molecule has 1 saturated heterocycles. The summed E-state index contributed by atoms with van der Waals surface area (Å²) in [7, 11) is 1.28. The highest BCUT2D eigenvalue weighted by atomic mass is 32.2. The lowest BCUT2D eigenvalue weighted by atomic mass is 10.1. The van der Waals surface area contributed by atoms with Gasteiger partial charge in [-0.25, -0.2) is 9.18 Å². The molecule has 0 aromatic heterocycles. The van der Waals surface area contributed by atoms with E-state index in [0.717, 1.165) is 17.3 Å². The fraction of sp³-hybridized carbons (Fsp3) is 0.105. The van der Waals surface area contributed by atoms with Gasteiger partial charge in [-0.15, -0.1) is 0 Å². The predicted octanol–water partition coefficient (Wildman–Crippen LogP) is 4.41. The van der Waals surface area contributed by atoms with Crippen LogP contribution >= 0.6 is 24.0 Å². The summed E-state index contributed by atoms with van der Waals surface area (Å²) < 4.78 is 18.3. The van der Waals surface area contributed by atoms with Crippen LogP contribution in [0.1, 0.15) is 22.8 Å². The zero-order chi connectivity index (χ0) is 18.8. The highest BCUT2D eigenvalue weighted by Crippen LogP contribution is 2.40. The number of carbonyl (C=O) groups excluding carboxylic acids is 2. The molecule has 0 aliphatic carbocycles. The number of halogens is 1. The molecule has 132 valence electrons. The largest absolute Gasteiger partial charge is 0.465 e. The fourth-order valence-electron chi connectivity index (χ4n) is 2.59. The number of nitrogens with zero attached hydrogens (tertiary/aromatic N) is 1. The summed E-state index contributed by atoms with van der Waals surface area (Å²) >= 11 is 6.52. The van der Waals surface area contributed by atoms with Crippen LogP contribution < -0.4 is 4.90 Å². The lowest BCUT2D eigenvalue weighted by Gasteiger charge is -2.17. The van der Waals surface area contributed by atoms with Crippen molar-refractivity contribution < 1.29 is 18.7 Å². The molecule has 2 aromatic rings. The van der Waals surface area contributed by atoms with E-state index in [0.29, 0.717) is 20.5 Å². The maximum atomic E-state index is 13.1. The average molecular weight is 387 g/mol. The summed E-state index contributed by atoms with van der Waals surface area (Å²) in [5.74, 6) is -1.21. The molecule has 26 heavy (non-hydrogen) atoms. The molecule has 2 aromatic carbocycles. The second-order valence-corrected chi connectivity index (χ2v) is 7.12. The van der Waals surface area contributed by atoms with Crippen molar-refractivity contribution in [2.24, 2.45) is 0 Å². The first-order chi connectivity index (χ1) is 12.4. The van der Waals surface area contributed by atoms with Crippen LogP contribution in [0.15, 0.2) is 53.4 Å². The molecule has 0 saturated carbocycles. The van der Waals surface area contributed by atoms with Crippen LogP contribution in [0.3, 0.4) is 0 Å². The number of allylic oxidation sites excluding steroid dienone is 1. The monoisotopic (exact) mass is 387 g/mol. The lowest BCUT2D eigenvalue weighted by molar-refractivity contribution is -0.113. The Hall–Kier alpha value is -2.51. The Morgan fingerprint density at radius 2 is 1.81 bits per heavy atom. The van der Waals surface area contributed by atoms with Crippen molar-refractivity contribution in [2.75, 3.05) is 12.0 Å². The number of amides is 1. The minimum absolute atomic E-state index is 0.256. The van der Waals surface area contributed by atoms with E-state index in [4.69, 9.17) is 17.0 Å². The van der Waals surface area contributed by atoms with Crippen LogP contribution in [0.25, 0.3) is 5.57 Å². The molecule has 1 aliphatic heterocycles. The second-order valence-electron chi connectivity index (χ2n) is 5.48. The summed E-state index contributed by atoms with van der Waals surface area (Å²) in [6.45, 7) is 1.78. The summed E-state index contributed by atoms with van der Waals surface area (Å²) in [4.78, 5) is 26.8. The molecule has 1 fully saturated rings. The van der Waals surface area contributed by atoms with Crippen molar-refractivity contribution in [2.45, 2.75) is 6.92 Å². The zero-order valence-corrected chi connectivity index (χ0v) is 15.6. The van der Waals surface area contributed by atoms with E-state index in [1.54, 1.807) is 43.3 Å². The van der Waals surface area contributed by atoms with Gasteiger partial charge in [-0.2, -0.15) is 0 Å². The van der Waals surface area contributed by atoms with E-state index < -0.39 is 5.97 Å². The molecule has 0 bridgehead atoms. The average Bonchev–Trinajstić information content (AvgIpc) is 2.95. The standard InChI is InChI=1S/C19H14FNO3S2/c1-11(12-7-9-13(20)10-8-12)16-17(22)21(19(25)26-16)15-6-4-3-5-14(15)18(23)24-2/h3-10H,1-2H3/b16-11-. The number of esters is 1. The van der Waals surface area contributed by atoms with Gasteiger partial charge >= 0.3 is 5.97 Å². The molecule has 0 atom stereocenters. The van der Waals surface area contributed by atoms with Crippen LogP contribution in [0.5, 0.6) is 0 Å². The van der Waals surface area contributed by atoms with Gasteiger partial charge < -0.3 is 4.74 Å².